The van der Waals surface area contributed by atoms with Gasteiger partial charge in [0.2, 0.25) is 0 Å². The average Bonchev–Trinajstić information content (AvgIpc) is 3.61. The van der Waals surface area contributed by atoms with Crippen LogP contribution in [0, 0.1) is 5.92 Å². The van der Waals surface area contributed by atoms with Crippen LogP contribution in [0.25, 0.3) is 10.9 Å². The summed E-state index contributed by atoms with van der Waals surface area (Å²) < 4.78 is 9.32. The van der Waals surface area contributed by atoms with Crippen molar-refractivity contribution in [3.8, 4) is 11.5 Å². The molecule has 2 N–H and O–H groups in total. The normalized spacial score (nSPS) is 30.7. The molecule has 5 aliphatic rings. The second-order valence-corrected chi connectivity index (χ2v) is 12.4. The first-order valence-corrected chi connectivity index (χ1v) is 14.2. The highest BCUT2D eigenvalue weighted by atomic mass is 16.5. The summed E-state index contributed by atoms with van der Waals surface area (Å²) in [7, 11) is 0. The monoisotopic (exact) mass is 504 g/mol. The van der Waals surface area contributed by atoms with E-state index in [-0.39, 0.29) is 17.9 Å². The SMILES string of the molecule is Oc1ccc2c3c1O[C@H]1c4c(c5ccccc5n4Cc4ccccc4)C[C@@]4(O)[C@@H](C2)N(CC2CC2)CC[C@@]314. The predicted molar refractivity (Wildman–Crippen MR) is 146 cm³/mol. The molecule has 4 aromatic rings. The van der Waals surface area contributed by atoms with Gasteiger partial charge in [0.25, 0.3) is 0 Å². The summed E-state index contributed by atoms with van der Waals surface area (Å²) in [5.41, 5.74) is 5.63. The predicted octanol–water partition coefficient (Wildman–Crippen LogP) is 5.09. The number of hydrogen-bond acceptors (Lipinski definition) is 4. The number of para-hydroxylation sites is 1. The van der Waals surface area contributed by atoms with E-state index in [9.17, 15) is 10.2 Å². The van der Waals surface area contributed by atoms with E-state index in [4.69, 9.17) is 4.74 Å². The second kappa shape index (κ2) is 7.22. The Hall–Kier alpha value is -3.28. The largest absolute Gasteiger partial charge is 0.504 e. The van der Waals surface area contributed by atoms with Crippen molar-refractivity contribution in [3.63, 3.8) is 0 Å². The standard InChI is InChI=1S/C33H32N2O3/c36-26-13-12-22-16-27-33(37)17-24-23-8-4-5-9-25(23)35(19-20-6-2-1-3-7-20)29(24)31-32(33,28(22)30(26)38-31)14-15-34(27)18-21-10-11-21/h1-9,12-13,21,27,31,36-37H,10-11,14-19H2/t27-,31+,32-,33-/m1/s1. The summed E-state index contributed by atoms with van der Waals surface area (Å²) in [5, 5.41) is 25.3. The number of phenols is 1. The molecule has 9 rings (SSSR count). The fourth-order valence-electron chi connectivity index (χ4n) is 8.74. The maximum absolute atomic E-state index is 13.1. The number of aliphatic hydroxyl groups is 1. The summed E-state index contributed by atoms with van der Waals surface area (Å²) >= 11 is 0. The van der Waals surface area contributed by atoms with E-state index in [1.807, 2.05) is 0 Å². The number of aromatic nitrogens is 1. The number of hydrogen-bond donors (Lipinski definition) is 2. The average molecular weight is 505 g/mol. The van der Waals surface area contributed by atoms with Crippen LogP contribution in [0.5, 0.6) is 11.5 Å². The van der Waals surface area contributed by atoms with Crippen LogP contribution in [0.1, 0.15) is 53.3 Å². The van der Waals surface area contributed by atoms with Crippen molar-refractivity contribution in [2.24, 2.45) is 5.92 Å². The van der Waals surface area contributed by atoms with Gasteiger partial charge in [-0.15, -0.1) is 0 Å². The summed E-state index contributed by atoms with van der Waals surface area (Å²) in [5.74, 6) is 1.57. The first kappa shape index (κ1) is 21.6. The Kier molecular flexibility index (Phi) is 4.11. The molecule has 192 valence electrons. The van der Waals surface area contributed by atoms with Gasteiger partial charge in [0, 0.05) is 42.0 Å². The number of benzene rings is 3. The highest BCUT2D eigenvalue weighted by Crippen LogP contribution is 2.69. The minimum absolute atomic E-state index is 0.0512. The molecule has 2 bridgehead atoms. The van der Waals surface area contributed by atoms with E-state index in [1.165, 1.54) is 46.1 Å². The molecule has 3 aromatic carbocycles. The second-order valence-electron chi connectivity index (χ2n) is 12.4. The molecular formula is C33H32N2O3. The summed E-state index contributed by atoms with van der Waals surface area (Å²) in [6, 6.07) is 23.2. The molecule has 0 unspecified atom stereocenters. The zero-order valence-electron chi connectivity index (χ0n) is 21.4. The third-order valence-electron chi connectivity index (χ3n) is 10.5. The smallest absolute Gasteiger partial charge is 0.166 e. The van der Waals surface area contributed by atoms with Gasteiger partial charge in [-0.2, -0.15) is 0 Å². The molecule has 0 radical (unpaired) electrons. The number of likely N-dealkylation sites (tertiary alicyclic amines) is 1. The molecule has 1 saturated heterocycles. The van der Waals surface area contributed by atoms with E-state index < -0.39 is 11.0 Å². The molecule has 0 amide bonds. The van der Waals surface area contributed by atoms with Crippen molar-refractivity contribution in [2.45, 2.75) is 61.8 Å². The highest BCUT2D eigenvalue weighted by molar-refractivity contribution is 5.87. The number of nitrogens with zero attached hydrogens (tertiary/aromatic N) is 2. The molecule has 2 aliphatic heterocycles. The number of piperidine rings is 1. The molecule has 3 aliphatic carbocycles. The third kappa shape index (κ3) is 2.55. The van der Waals surface area contributed by atoms with Crippen LogP contribution in [-0.4, -0.2) is 44.4 Å². The topological polar surface area (TPSA) is 57.9 Å². The van der Waals surface area contributed by atoms with Crippen molar-refractivity contribution in [1.29, 1.82) is 0 Å². The minimum Gasteiger partial charge on any atom is -0.504 e. The van der Waals surface area contributed by atoms with Crippen LogP contribution in [0.3, 0.4) is 0 Å². The molecule has 38 heavy (non-hydrogen) atoms. The van der Waals surface area contributed by atoms with Crippen LogP contribution in [0.2, 0.25) is 0 Å². The van der Waals surface area contributed by atoms with Gasteiger partial charge < -0.3 is 19.5 Å². The van der Waals surface area contributed by atoms with E-state index in [1.54, 1.807) is 6.07 Å². The first-order chi connectivity index (χ1) is 18.6. The van der Waals surface area contributed by atoms with Crippen molar-refractivity contribution < 1.29 is 14.9 Å². The summed E-state index contributed by atoms with van der Waals surface area (Å²) in [6.07, 6.45) is 4.55. The zero-order valence-corrected chi connectivity index (χ0v) is 21.4. The molecule has 1 spiro atoms. The lowest BCUT2D eigenvalue weighted by Crippen LogP contribution is -2.74. The minimum atomic E-state index is -0.953. The number of rotatable bonds is 4. The molecule has 5 heteroatoms. The van der Waals surface area contributed by atoms with Crippen LogP contribution in [-0.2, 0) is 24.8 Å². The van der Waals surface area contributed by atoms with Crippen LogP contribution in [0.4, 0.5) is 0 Å². The van der Waals surface area contributed by atoms with E-state index in [2.05, 4.69) is 70.1 Å². The molecule has 4 atom stereocenters. The number of fused-ring (bicyclic) bond motifs is 4. The van der Waals surface area contributed by atoms with Gasteiger partial charge in [0.1, 0.15) is 0 Å². The first-order valence-electron chi connectivity index (χ1n) is 14.2. The zero-order chi connectivity index (χ0) is 25.2. The van der Waals surface area contributed by atoms with Crippen molar-refractivity contribution in [2.75, 3.05) is 13.1 Å². The van der Waals surface area contributed by atoms with Crippen LogP contribution in [0.15, 0.2) is 66.7 Å². The Morgan fingerprint density at radius 2 is 1.79 bits per heavy atom. The molecule has 3 heterocycles. The van der Waals surface area contributed by atoms with Crippen LogP contribution < -0.4 is 4.74 Å². The Bertz CT molecular complexity index is 1620. The van der Waals surface area contributed by atoms with E-state index in [0.717, 1.165) is 44.0 Å². The van der Waals surface area contributed by atoms with Crippen LogP contribution >= 0.6 is 0 Å². The fraction of sp³-hybridized carbons (Fsp3) is 0.394. The Labute approximate surface area is 222 Å². The molecule has 5 nitrogen and oxygen atoms in total. The Balaban J connectivity index is 1.32. The third-order valence-corrected chi connectivity index (χ3v) is 10.5. The molecule has 1 aromatic heterocycles. The van der Waals surface area contributed by atoms with Gasteiger partial charge in [-0.25, -0.2) is 0 Å². The summed E-state index contributed by atoms with van der Waals surface area (Å²) in [4.78, 5) is 2.60. The molecule has 1 saturated carbocycles. The number of ether oxygens (including phenoxy) is 1. The van der Waals surface area contributed by atoms with Gasteiger partial charge in [-0.05, 0) is 67.0 Å². The van der Waals surface area contributed by atoms with Crippen molar-refractivity contribution in [3.05, 3.63) is 94.7 Å². The fourth-order valence-corrected chi connectivity index (χ4v) is 8.74. The van der Waals surface area contributed by atoms with E-state index >= 15 is 0 Å². The van der Waals surface area contributed by atoms with Gasteiger partial charge in [-0.1, -0.05) is 54.6 Å². The van der Waals surface area contributed by atoms with Crippen molar-refractivity contribution >= 4 is 10.9 Å². The van der Waals surface area contributed by atoms with Gasteiger partial charge >= 0.3 is 0 Å². The lowest BCUT2D eigenvalue weighted by atomic mass is 9.49. The maximum atomic E-state index is 13.1. The molecule has 2 fully saturated rings. The number of phenolic OH excluding ortho intramolecular Hbond substituents is 1. The number of aromatic hydroxyl groups is 1. The lowest BCUT2D eigenvalue weighted by molar-refractivity contribution is -0.173. The Morgan fingerprint density at radius 1 is 0.974 bits per heavy atom. The lowest BCUT2D eigenvalue weighted by Gasteiger charge is -2.63. The van der Waals surface area contributed by atoms with E-state index in [0.29, 0.717) is 12.2 Å². The van der Waals surface area contributed by atoms with Gasteiger partial charge in [0.05, 0.1) is 16.7 Å². The molecular weight excluding hydrogens is 472 g/mol. The Morgan fingerprint density at radius 3 is 2.63 bits per heavy atom. The quantitative estimate of drug-likeness (QED) is 0.406. The highest BCUT2D eigenvalue weighted by Gasteiger charge is 2.73. The maximum Gasteiger partial charge on any atom is 0.166 e. The van der Waals surface area contributed by atoms with Gasteiger partial charge in [-0.3, -0.25) is 4.90 Å². The van der Waals surface area contributed by atoms with Gasteiger partial charge in [0.15, 0.2) is 17.6 Å². The summed E-state index contributed by atoms with van der Waals surface area (Å²) in [6.45, 7) is 2.79. The van der Waals surface area contributed by atoms with Crippen molar-refractivity contribution in [1.82, 2.24) is 9.47 Å².